The minimum atomic E-state index is -4.64. The number of alkyl halides is 3. The summed E-state index contributed by atoms with van der Waals surface area (Å²) in [7, 11) is 0. The van der Waals surface area contributed by atoms with Crippen molar-refractivity contribution in [3.05, 3.63) is 63.1 Å². The lowest BCUT2D eigenvalue weighted by Gasteiger charge is -2.14. The number of hydrogen-bond acceptors (Lipinski definition) is 2. The van der Waals surface area contributed by atoms with Crippen molar-refractivity contribution in [3.63, 3.8) is 0 Å². The predicted octanol–water partition coefficient (Wildman–Crippen LogP) is 4.63. The smallest absolute Gasteiger partial charge is 0.384 e. The summed E-state index contributed by atoms with van der Waals surface area (Å²) < 4.78 is 50.7. The molecule has 1 heterocycles. The lowest BCUT2D eigenvalue weighted by atomic mass is 10.0. The number of halogens is 6. The van der Waals surface area contributed by atoms with Crippen molar-refractivity contribution in [3.8, 4) is 0 Å². The lowest BCUT2D eigenvalue weighted by molar-refractivity contribution is -0.141. The van der Waals surface area contributed by atoms with E-state index in [-0.39, 0.29) is 16.1 Å². The Labute approximate surface area is 127 Å². The van der Waals surface area contributed by atoms with Gasteiger partial charge < -0.3 is 5.11 Å². The summed E-state index contributed by atoms with van der Waals surface area (Å²) >= 11 is 11.3. The first-order chi connectivity index (χ1) is 9.68. The molecule has 0 aliphatic rings. The van der Waals surface area contributed by atoms with E-state index in [0.717, 1.165) is 18.2 Å². The molecule has 2 aromatic rings. The SMILES string of the molecule is OC(c1cc(F)cc(Cl)c1)c1ccc(C(F)(F)F)nc1Cl. The maximum atomic E-state index is 13.2. The molecule has 0 bridgehead atoms. The van der Waals surface area contributed by atoms with Gasteiger partial charge in [0.05, 0.1) is 0 Å². The summed E-state index contributed by atoms with van der Waals surface area (Å²) in [4.78, 5) is 3.19. The molecule has 1 aromatic heterocycles. The van der Waals surface area contributed by atoms with Crippen molar-refractivity contribution in [2.24, 2.45) is 0 Å². The number of aliphatic hydroxyl groups excluding tert-OH is 1. The molecule has 2 nitrogen and oxygen atoms in total. The third kappa shape index (κ3) is 3.64. The van der Waals surface area contributed by atoms with Crippen molar-refractivity contribution in [2.75, 3.05) is 0 Å². The highest BCUT2D eigenvalue weighted by molar-refractivity contribution is 6.31. The van der Waals surface area contributed by atoms with Crippen LogP contribution in [0.1, 0.15) is 22.9 Å². The molecular weight excluding hydrogens is 333 g/mol. The molecule has 0 aliphatic carbocycles. The second-order valence-corrected chi connectivity index (χ2v) is 4.97. The molecule has 112 valence electrons. The fourth-order valence-electron chi connectivity index (χ4n) is 1.72. The van der Waals surface area contributed by atoms with Crippen LogP contribution in [0.25, 0.3) is 0 Å². The normalized spacial score (nSPS) is 13.3. The maximum absolute atomic E-state index is 13.2. The highest BCUT2D eigenvalue weighted by Crippen LogP contribution is 2.33. The molecule has 8 heteroatoms. The topological polar surface area (TPSA) is 33.1 Å². The van der Waals surface area contributed by atoms with Crippen molar-refractivity contribution in [2.45, 2.75) is 12.3 Å². The van der Waals surface area contributed by atoms with Crippen LogP contribution in [0.15, 0.2) is 30.3 Å². The van der Waals surface area contributed by atoms with E-state index >= 15 is 0 Å². The monoisotopic (exact) mass is 339 g/mol. The largest absolute Gasteiger partial charge is 0.433 e. The molecule has 0 radical (unpaired) electrons. The van der Waals surface area contributed by atoms with Gasteiger partial charge in [-0.1, -0.05) is 29.3 Å². The molecule has 0 saturated heterocycles. The molecule has 1 aromatic carbocycles. The first-order valence-electron chi connectivity index (χ1n) is 5.56. The van der Waals surface area contributed by atoms with Crippen LogP contribution in [0.3, 0.4) is 0 Å². The molecule has 0 amide bonds. The predicted molar refractivity (Wildman–Crippen MR) is 69.7 cm³/mol. The molecule has 1 atom stereocenters. The van der Waals surface area contributed by atoms with Crippen LogP contribution in [0.4, 0.5) is 17.6 Å². The van der Waals surface area contributed by atoms with Crippen molar-refractivity contribution in [1.82, 2.24) is 4.98 Å². The summed E-state index contributed by atoms with van der Waals surface area (Å²) in [5.74, 6) is -0.687. The Balaban J connectivity index is 2.42. The number of aliphatic hydroxyl groups is 1. The highest BCUT2D eigenvalue weighted by Gasteiger charge is 2.33. The Morgan fingerprint density at radius 1 is 1.10 bits per heavy atom. The van der Waals surface area contributed by atoms with Gasteiger partial charge in [0.1, 0.15) is 22.8 Å². The van der Waals surface area contributed by atoms with Crippen LogP contribution < -0.4 is 0 Å². The Bertz CT molecular complexity index is 655. The fraction of sp³-hybridized carbons (Fsp3) is 0.154. The third-order valence-corrected chi connectivity index (χ3v) is 3.18. The quantitative estimate of drug-likeness (QED) is 0.639. The molecule has 1 unspecified atom stereocenters. The summed E-state index contributed by atoms with van der Waals surface area (Å²) in [5.41, 5.74) is -1.20. The molecule has 0 fully saturated rings. The van der Waals surface area contributed by atoms with Gasteiger partial charge >= 0.3 is 6.18 Å². The zero-order chi connectivity index (χ0) is 15.8. The van der Waals surface area contributed by atoms with E-state index in [1.165, 1.54) is 6.07 Å². The van der Waals surface area contributed by atoms with E-state index in [4.69, 9.17) is 23.2 Å². The second kappa shape index (κ2) is 5.79. The molecule has 0 spiro atoms. The minimum Gasteiger partial charge on any atom is -0.384 e. The van der Waals surface area contributed by atoms with Gasteiger partial charge in [-0.2, -0.15) is 13.2 Å². The maximum Gasteiger partial charge on any atom is 0.433 e. The zero-order valence-electron chi connectivity index (χ0n) is 10.1. The average molecular weight is 340 g/mol. The van der Waals surface area contributed by atoms with Gasteiger partial charge in [-0.3, -0.25) is 0 Å². The van der Waals surface area contributed by atoms with Crippen LogP contribution in [-0.2, 0) is 6.18 Å². The second-order valence-electron chi connectivity index (χ2n) is 4.18. The molecule has 0 saturated carbocycles. The van der Waals surface area contributed by atoms with Crippen LogP contribution in [0, 0.1) is 5.82 Å². The molecule has 0 aliphatic heterocycles. The van der Waals surface area contributed by atoms with E-state index in [2.05, 4.69) is 4.98 Å². The first kappa shape index (κ1) is 16.0. The van der Waals surface area contributed by atoms with Crippen LogP contribution >= 0.6 is 23.2 Å². The van der Waals surface area contributed by atoms with E-state index in [1.807, 2.05) is 0 Å². The standard InChI is InChI=1S/C13H7Cl2F4NO/c14-7-3-6(4-8(16)5-7)11(21)9-1-2-10(13(17,18)19)20-12(9)15/h1-5,11,21H. The van der Waals surface area contributed by atoms with Gasteiger partial charge in [0.25, 0.3) is 0 Å². The fourth-order valence-corrected chi connectivity index (χ4v) is 2.21. The molecule has 21 heavy (non-hydrogen) atoms. The highest BCUT2D eigenvalue weighted by atomic mass is 35.5. The number of nitrogens with zero attached hydrogens (tertiary/aromatic N) is 1. The van der Waals surface area contributed by atoms with Crippen molar-refractivity contribution >= 4 is 23.2 Å². The Morgan fingerprint density at radius 2 is 1.76 bits per heavy atom. The zero-order valence-corrected chi connectivity index (χ0v) is 11.6. The van der Waals surface area contributed by atoms with Crippen LogP contribution in [0.2, 0.25) is 10.2 Å². The van der Waals surface area contributed by atoms with E-state index in [1.54, 1.807) is 0 Å². The van der Waals surface area contributed by atoms with Gasteiger partial charge in [0.15, 0.2) is 0 Å². The van der Waals surface area contributed by atoms with Crippen LogP contribution in [0.5, 0.6) is 0 Å². The van der Waals surface area contributed by atoms with Gasteiger partial charge in [-0.15, -0.1) is 0 Å². The number of benzene rings is 1. The lowest BCUT2D eigenvalue weighted by Crippen LogP contribution is -2.10. The number of pyridine rings is 1. The third-order valence-electron chi connectivity index (χ3n) is 2.66. The molecular formula is C13H7Cl2F4NO. The van der Waals surface area contributed by atoms with E-state index in [0.29, 0.717) is 6.07 Å². The number of hydrogen-bond donors (Lipinski definition) is 1. The number of aromatic nitrogens is 1. The summed E-state index contributed by atoms with van der Waals surface area (Å²) in [6.45, 7) is 0. The Morgan fingerprint density at radius 3 is 2.29 bits per heavy atom. The van der Waals surface area contributed by atoms with Gasteiger partial charge in [0, 0.05) is 10.6 Å². The summed E-state index contributed by atoms with van der Waals surface area (Å²) in [6.07, 6.45) is -6.09. The summed E-state index contributed by atoms with van der Waals surface area (Å²) in [6, 6.07) is 4.99. The van der Waals surface area contributed by atoms with E-state index in [9.17, 15) is 22.7 Å². The van der Waals surface area contributed by atoms with Crippen molar-refractivity contribution in [1.29, 1.82) is 0 Å². The van der Waals surface area contributed by atoms with Gasteiger partial charge in [-0.05, 0) is 29.8 Å². The Kier molecular flexibility index (Phi) is 4.41. The van der Waals surface area contributed by atoms with Gasteiger partial charge in [-0.25, -0.2) is 9.37 Å². The number of rotatable bonds is 2. The average Bonchev–Trinajstić information content (AvgIpc) is 2.35. The first-order valence-corrected chi connectivity index (χ1v) is 6.32. The minimum absolute atomic E-state index is 0.0417. The van der Waals surface area contributed by atoms with Gasteiger partial charge in [0.2, 0.25) is 0 Å². The summed E-state index contributed by atoms with van der Waals surface area (Å²) in [5, 5.41) is 9.61. The van der Waals surface area contributed by atoms with E-state index < -0.39 is 28.9 Å². The Hall–Kier alpha value is -1.37. The molecule has 2 rings (SSSR count). The van der Waals surface area contributed by atoms with Crippen molar-refractivity contribution < 1.29 is 22.7 Å². The molecule has 1 N–H and O–H groups in total. The van der Waals surface area contributed by atoms with Crippen LogP contribution in [-0.4, -0.2) is 10.1 Å².